The van der Waals surface area contributed by atoms with Gasteiger partial charge in [-0.1, -0.05) is 36.4 Å². The molecular weight excluding hydrogens is 288 g/mol. The number of benzene rings is 2. The highest BCUT2D eigenvalue weighted by molar-refractivity contribution is 5.94. The van der Waals surface area contributed by atoms with Crippen LogP contribution in [-0.4, -0.2) is 10.9 Å². The normalized spacial score (nSPS) is 12.7. The number of ether oxygens (including phenoxy) is 1. The van der Waals surface area contributed by atoms with Gasteiger partial charge in [0.1, 0.15) is 11.5 Å². The highest BCUT2D eigenvalue weighted by Gasteiger charge is 2.28. The lowest BCUT2D eigenvalue weighted by Gasteiger charge is -2.28. The summed E-state index contributed by atoms with van der Waals surface area (Å²) in [5.74, 6) is 1.40. The Labute approximate surface area is 133 Å². The van der Waals surface area contributed by atoms with Crippen molar-refractivity contribution in [2.24, 2.45) is 0 Å². The van der Waals surface area contributed by atoms with Gasteiger partial charge >= 0.3 is 0 Å². The molecule has 4 heteroatoms. The van der Waals surface area contributed by atoms with E-state index in [1.54, 1.807) is 24.5 Å². The predicted molar refractivity (Wildman–Crippen MR) is 86.5 cm³/mol. The maximum atomic E-state index is 12.6. The summed E-state index contributed by atoms with van der Waals surface area (Å²) in [6.45, 7) is 0. The third-order valence-electron chi connectivity index (χ3n) is 3.90. The van der Waals surface area contributed by atoms with Crippen LogP contribution in [0.2, 0.25) is 0 Å². The number of hydrogen-bond donors (Lipinski definition) is 1. The molecule has 0 aliphatic carbocycles. The quantitative estimate of drug-likeness (QED) is 0.785. The molecule has 1 aliphatic rings. The van der Waals surface area contributed by atoms with Gasteiger partial charge in [-0.3, -0.25) is 9.78 Å². The molecule has 1 N–H and O–H groups in total. The summed E-state index contributed by atoms with van der Waals surface area (Å²) in [6.07, 6.45) is 3.22. The van der Waals surface area contributed by atoms with Gasteiger partial charge in [0.05, 0.1) is 6.04 Å². The van der Waals surface area contributed by atoms with E-state index in [1.165, 1.54) is 0 Å². The molecule has 1 amide bonds. The zero-order valence-corrected chi connectivity index (χ0v) is 12.3. The number of nitrogens with zero attached hydrogens (tertiary/aromatic N) is 1. The maximum absolute atomic E-state index is 12.6. The highest BCUT2D eigenvalue weighted by Crippen LogP contribution is 2.42. The van der Waals surface area contributed by atoms with Gasteiger partial charge in [0, 0.05) is 29.1 Å². The minimum absolute atomic E-state index is 0.135. The van der Waals surface area contributed by atoms with Gasteiger partial charge in [-0.05, 0) is 24.3 Å². The first kappa shape index (κ1) is 13.5. The van der Waals surface area contributed by atoms with E-state index in [-0.39, 0.29) is 11.9 Å². The molecule has 2 aromatic carbocycles. The minimum atomic E-state index is -0.239. The summed E-state index contributed by atoms with van der Waals surface area (Å²) in [7, 11) is 0. The molecule has 0 saturated heterocycles. The number of pyridine rings is 1. The molecule has 0 saturated carbocycles. The molecule has 1 aliphatic heterocycles. The minimum Gasteiger partial charge on any atom is -0.457 e. The lowest BCUT2D eigenvalue weighted by Crippen LogP contribution is -2.31. The Morgan fingerprint density at radius 2 is 1.43 bits per heavy atom. The number of hydrogen-bond acceptors (Lipinski definition) is 3. The SMILES string of the molecule is O=C(NC1c2ccccc2Oc2ccccc21)c1ccncc1. The second kappa shape index (κ2) is 5.57. The summed E-state index contributed by atoms with van der Waals surface area (Å²) < 4.78 is 5.93. The Morgan fingerprint density at radius 1 is 0.870 bits per heavy atom. The molecule has 0 fully saturated rings. The van der Waals surface area contributed by atoms with Crippen molar-refractivity contribution in [1.82, 2.24) is 10.3 Å². The third kappa shape index (κ3) is 2.44. The van der Waals surface area contributed by atoms with Crippen molar-refractivity contribution >= 4 is 5.91 Å². The average molecular weight is 302 g/mol. The van der Waals surface area contributed by atoms with Crippen LogP contribution in [0.15, 0.2) is 73.1 Å². The first-order chi connectivity index (χ1) is 11.3. The Hall–Kier alpha value is -3.14. The number of amides is 1. The van der Waals surface area contributed by atoms with Crippen molar-refractivity contribution < 1.29 is 9.53 Å². The number of rotatable bonds is 2. The van der Waals surface area contributed by atoms with Crippen molar-refractivity contribution in [3.63, 3.8) is 0 Å². The topological polar surface area (TPSA) is 51.2 Å². The van der Waals surface area contributed by atoms with E-state index in [9.17, 15) is 4.79 Å². The molecule has 3 aromatic rings. The van der Waals surface area contributed by atoms with Crippen molar-refractivity contribution in [3.8, 4) is 11.5 Å². The summed E-state index contributed by atoms with van der Waals surface area (Å²) in [5, 5.41) is 3.10. The summed E-state index contributed by atoms with van der Waals surface area (Å²) >= 11 is 0. The van der Waals surface area contributed by atoms with Crippen LogP contribution in [0.1, 0.15) is 27.5 Å². The van der Waals surface area contributed by atoms with Gasteiger partial charge in [-0.15, -0.1) is 0 Å². The zero-order valence-electron chi connectivity index (χ0n) is 12.3. The van der Waals surface area contributed by atoms with Crippen molar-refractivity contribution in [2.75, 3.05) is 0 Å². The van der Waals surface area contributed by atoms with Gasteiger partial charge in [-0.2, -0.15) is 0 Å². The Morgan fingerprint density at radius 3 is 2.04 bits per heavy atom. The molecule has 4 nitrogen and oxygen atoms in total. The molecule has 23 heavy (non-hydrogen) atoms. The summed E-state index contributed by atoms with van der Waals surface area (Å²) in [5.41, 5.74) is 2.49. The van der Waals surface area contributed by atoms with Gasteiger partial charge in [0.25, 0.3) is 5.91 Å². The molecule has 0 bridgehead atoms. The molecule has 1 aromatic heterocycles. The van der Waals surface area contributed by atoms with E-state index >= 15 is 0 Å². The van der Waals surface area contributed by atoms with Crippen LogP contribution in [-0.2, 0) is 0 Å². The van der Waals surface area contributed by atoms with Gasteiger partial charge in [0.15, 0.2) is 0 Å². The van der Waals surface area contributed by atoms with Crippen LogP contribution in [0.3, 0.4) is 0 Å². The Kier molecular flexibility index (Phi) is 3.27. The first-order valence-electron chi connectivity index (χ1n) is 7.39. The van der Waals surface area contributed by atoms with E-state index in [4.69, 9.17) is 4.74 Å². The van der Waals surface area contributed by atoms with E-state index in [2.05, 4.69) is 10.3 Å². The fourth-order valence-electron chi connectivity index (χ4n) is 2.78. The van der Waals surface area contributed by atoms with E-state index < -0.39 is 0 Å². The van der Waals surface area contributed by atoms with Gasteiger partial charge < -0.3 is 10.1 Å². The maximum Gasteiger partial charge on any atom is 0.252 e. The van der Waals surface area contributed by atoms with Gasteiger partial charge in [-0.25, -0.2) is 0 Å². The van der Waals surface area contributed by atoms with E-state index in [1.807, 2.05) is 48.5 Å². The molecule has 0 atom stereocenters. The number of para-hydroxylation sites is 2. The molecule has 0 radical (unpaired) electrons. The average Bonchev–Trinajstić information content (AvgIpc) is 2.62. The number of carbonyl (C=O) groups excluding carboxylic acids is 1. The fraction of sp³-hybridized carbons (Fsp3) is 0.0526. The molecule has 0 unspecified atom stereocenters. The smallest absolute Gasteiger partial charge is 0.252 e. The molecule has 4 rings (SSSR count). The van der Waals surface area contributed by atoms with Crippen LogP contribution in [0.5, 0.6) is 11.5 Å². The zero-order chi connectivity index (χ0) is 15.6. The standard InChI is InChI=1S/C19H14N2O2/c22-19(13-9-11-20-12-10-13)21-18-14-5-1-3-7-16(14)23-17-8-4-2-6-15(17)18/h1-12,18H,(H,21,22). The second-order valence-electron chi connectivity index (χ2n) is 5.32. The first-order valence-corrected chi connectivity index (χ1v) is 7.39. The predicted octanol–water partition coefficient (Wildman–Crippen LogP) is 3.71. The largest absolute Gasteiger partial charge is 0.457 e. The van der Waals surface area contributed by atoms with Crippen molar-refractivity contribution in [2.45, 2.75) is 6.04 Å². The summed E-state index contributed by atoms with van der Waals surface area (Å²) in [4.78, 5) is 16.5. The second-order valence-corrected chi connectivity index (χ2v) is 5.32. The monoisotopic (exact) mass is 302 g/mol. The number of nitrogens with one attached hydrogen (secondary N) is 1. The van der Waals surface area contributed by atoms with Crippen LogP contribution >= 0.6 is 0 Å². The number of aromatic nitrogens is 1. The van der Waals surface area contributed by atoms with E-state index in [0.717, 1.165) is 22.6 Å². The van der Waals surface area contributed by atoms with Crippen LogP contribution in [0.4, 0.5) is 0 Å². The number of fused-ring (bicyclic) bond motifs is 2. The Bertz CT molecular complexity index is 817. The summed E-state index contributed by atoms with van der Waals surface area (Å²) in [6, 6.07) is 18.7. The van der Waals surface area contributed by atoms with Crippen LogP contribution in [0.25, 0.3) is 0 Å². The van der Waals surface area contributed by atoms with Crippen LogP contribution in [0, 0.1) is 0 Å². The van der Waals surface area contributed by atoms with E-state index in [0.29, 0.717) is 5.56 Å². The van der Waals surface area contributed by atoms with Crippen LogP contribution < -0.4 is 10.1 Å². The van der Waals surface area contributed by atoms with Gasteiger partial charge in [0.2, 0.25) is 0 Å². The molecular formula is C19H14N2O2. The third-order valence-corrected chi connectivity index (χ3v) is 3.90. The molecule has 112 valence electrons. The molecule has 2 heterocycles. The number of carbonyl (C=O) groups is 1. The highest BCUT2D eigenvalue weighted by atomic mass is 16.5. The van der Waals surface area contributed by atoms with Crippen molar-refractivity contribution in [3.05, 3.63) is 89.7 Å². The van der Waals surface area contributed by atoms with Crippen molar-refractivity contribution in [1.29, 1.82) is 0 Å². The lowest BCUT2D eigenvalue weighted by molar-refractivity contribution is 0.0941. The Balaban J connectivity index is 1.74. The fourth-order valence-corrected chi connectivity index (χ4v) is 2.78. The lowest BCUT2D eigenvalue weighted by atomic mass is 9.94. The molecule has 0 spiro atoms.